The first-order valence-electron chi connectivity index (χ1n) is 13.3. The third-order valence-corrected chi connectivity index (χ3v) is 6.96. The van der Waals surface area contributed by atoms with Gasteiger partial charge in [0.2, 0.25) is 11.8 Å². The summed E-state index contributed by atoms with van der Waals surface area (Å²) in [6.07, 6.45) is 6.77. The van der Waals surface area contributed by atoms with Crippen LogP contribution < -0.4 is 10.1 Å². The summed E-state index contributed by atoms with van der Waals surface area (Å²) >= 11 is 0. The van der Waals surface area contributed by atoms with Crippen molar-refractivity contribution in [2.75, 3.05) is 6.61 Å². The molecule has 2 aromatic carbocycles. The minimum Gasteiger partial charge on any atom is -0.494 e. The van der Waals surface area contributed by atoms with Crippen molar-refractivity contribution in [3.63, 3.8) is 0 Å². The van der Waals surface area contributed by atoms with E-state index in [4.69, 9.17) is 9.15 Å². The molecule has 1 fully saturated rings. The van der Waals surface area contributed by atoms with E-state index in [0.29, 0.717) is 29.2 Å². The number of benzene rings is 2. The highest BCUT2D eigenvalue weighted by atomic mass is 16.5. The van der Waals surface area contributed by atoms with E-state index >= 15 is 0 Å². The van der Waals surface area contributed by atoms with Crippen molar-refractivity contribution < 1.29 is 18.7 Å². The predicted octanol–water partition coefficient (Wildman–Crippen LogP) is 4.64. The van der Waals surface area contributed by atoms with Gasteiger partial charge in [-0.1, -0.05) is 54.8 Å². The van der Waals surface area contributed by atoms with Crippen LogP contribution in [0.15, 0.2) is 71.3 Å². The molecule has 2 heterocycles. The number of nitrogens with zero attached hydrogens (tertiary/aromatic N) is 4. The van der Waals surface area contributed by atoms with Crippen LogP contribution in [0.4, 0.5) is 0 Å². The minimum atomic E-state index is -0.924. The zero-order chi connectivity index (χ0) is 26.3. The second-order valence-electron chi connectivity index (χ2n) is 9.55. The summed E-state index contributed by atoms with van der Waals surface area (Å²) in [6, 6.07) is 17.6. The molecule has 4 aromatic rings. The topological polar surface area (TPSA) is 102 Å². The number of carbonyl (C=O) groups excluding carboxylic acids is 2. The molecule has 0 unspecified atom stereocenters. The average molecular weight is 516 g/mol. The molecule has 198 valence electrons. The number of carbonyl (C=O) groups is 2. The van der Waals surface area contributed by atoms with Crippen LogP contribution in [0.3, 0.4) is 0 Å². The second kappa shape index (κ2) is 11.9. The van der Waals surface area contributed by atoms with E-state index < -0.39 is 6.04 Å². The summed E-state index contributed by atoms with van der Waals surface area (Å²) in [4.78, 5) is 29.6. The molecule has 2 amide bonds. The van der Waals surface area contributed by atoms with Crippen molar-refractivity contribution in [2.24, 2.45) is 0 Å². The maximum absolute atomic E-state index is 14.0. The Balaban J connectivity index is 1.53. The molecule has 1 atom stereocenters. The van der Waals surface area contributed by atoms with Crippen LogP contribution in [0.1, 0.15) is 56.4 Å². The normalized spacial score (nSPS) is 14.8. The molecule has 0 spiro atoms. The molecular formula is C29H33N5O4. The number of ether oxygens (including phenoxy) is 1. The quantitative estimate of drug-likeness (QED) is 0.330. The number of para-hydroxylation sites is 2. The molecule has 9 nitrogen and oxygen atoms in total. The van der Waals surface area contributed by atoms with Crippen LogP contribution >= 0.6 is 0 Å². The van der Waals surface area contributed by atoms with E-state index in [2.05, 4.69) is 15.6 Å². The summed E-state index contributed by atoms with van der Waals surface area (Å²) in [7, 11) is 0. The highest BCUT2D eigenvalue weighted by Gasteiger charge is 2.35. The van der Waals surface area contributed by atoms with Crippen LogP contribution in [-0.2, 0) is 22.7 Å². The highest BCUT2D eigenvalue weighted by molar-refractivity contribution is 5.90. The standard InChI is InChI=1S/C29H33N5O4/c1-2-37-26-17-9-6-14-23(26)28(29(36)30-21-11-4-3-5-12-21)33(19-22-13-10-18-38-22)27(35)20-34-25-16-8-7-15-24(25)31-32-34/h6-10,13-18,21,28H,2-5,11-12,19-20H2,1H3,(H,30,36)/t28-/m1/s1. The van der Waals surface area contributed by atoms with Crippen LogP contribution in [-0.4, -0.2) is 44.4 Å². The lowest BCUT2D eigenvalue weighted by Gasteiger charge is -2.33. The van der Waals surface area contributed by atoms with Gasteiger partial charge in [-0.15, -0.1) is 5.10 Å². The van der Waals surface area contributed by atoms with Gasteiger partial charge in [-0.2, -0.15) is 0 Å². The van der Waals surface area contributed by atoms with Gasteiger partial charge in [0.05, 0.1) is 24.9 Å². The Bertz CT molecular complexity index is 1360. The Morgan fingerprint density at radius 2 is 1.87 bits per heavy atom. The molecule has 1 saturated carbocycles. The van der Waals surface area contributed by atoms with Crippen molar-refractivity contribution in [1.82, 2.24) is 25.2 Å². The van der Waals surface area contributed by atoms with Gasteiger partial charge in [0.1, 0.15) is 29.6 Å². The largest absolute Gasteiger partial charge is 0.494 e. The Morgan fingerprint density at radius 1 is 1.08 bits per heavy atom. The number of nitrogens with one attached hydrogen (secondary N) is 1. The first kappa shape index (κ1) is 25.5. The maximum Gasteiger partial charge on any atom is 0.247 e. The van der Waals surface area contributed by atoms with Crippen molar-refractivity contribution in [1.29, 1.82) is 0 Å². The molecule has 0 saturated heterocycles. The number of aromatic nitrogens is 3. The van der Waals surface area contributed by atoms with Gasteiger partial charge in [0, 0.05) is 11.6 Å². The fourth-order valence-electron chi connectivity index (χ4n) is 5.12. The lowest BCUT2D eigenvalue weighted by atomic mass is 9.94. The molecule has 9 heteroatoms. The number of furan rings is 1. The van der Waals surface area contributed by atoms with E-state index in [9.17, 15) is 9.59 Å². The van der Waals surface area contributed by atoms with E-state index in [1.165, 1.54) is 6.42 Å². The summed E-state index contributed by atoms with van der Waals surface area (Å²) < 4.78 is 13.1. The SMILES string of the molecule is CCOc1ccccc1[C@H](C(=O)NC1CCCCC1)N(Cc1ccco1)C(=O)Cn1nnc2ccccc21. The smallest absolute Gasteiger partial charge is 0.247 e. The molecule has 1 N–H and O–H groups in total. The molecule has 0 radical (unpaired) electrons. The zero-order valence-electron chi connectivity index (χ0n) is 21.6. The van der Waals surface area contributed by atoms with Gasteiger partial charge in [-0.3, -0.25) is 9.59 Å². The summed E-state index contributed by atoms with van der Waals surface area (Å²) in [5, 5.41) is 11.6. The lowest BCUT2D eigenvalue weighted by Crippen LogP contribution is -2.47. The third kappa shape index (κ3) is 5.72. The van der Waals surface area contributed by atoms with Crippen molar-refractivity contribution in [2.45, 2.75) is 64.2 Å². The van der Waals surface area contributed by atoms with Gasteiger partial charge >= 0.3 is 0 Å². The van der Waals surface area contributed by atoms with Gasteiger partial charge in [0.25, 0.3) is 0 Å². The number of amides is 2. The van der Waals surface area contributed by atoms with Crippen LogP contribution in [0, 0.1) is 0 Å². The minimum absolute atomic E-state index is 0.0781. The molecule has 1 aliphatic carbocycles. The van der Waals surface area contributed by atoms with E-state index in [0.717, 1.165) is 31.2 Å². The Labute approximate surface area is 221 Å². The molecule has 38 heavy (non-hydrogen) atoms. The number of fused-ring (bicyclic) bond motifs is 1. The molecule has 5 rings (SSSR count). The first-order valence-corrected chi connectivity index (χ1v) is 13.3. The molecule has 2 aromatic heterocycles. The number of rotatable bonds is 10. The van der Waals surface area contributed by atoms with Crippen LogP contribution in [0.2, 0.25) is 0 Å². The van der Waals surface area contributed by atoms with Crippen LogP contribution in [0.5, 0.6) is 5.75 Å². The number of hydrogen-bond donors (Lipinski definition) is 1. The highest BCUT2D eigenvalue weighted by Crippen LogP contribution is 2.32. The van der Waals surface area contributed by atoms with Crippen molar-refractivity contribution in [3.05, 3.63) is 78.3 Å². The third-order valence-electron chi connectivity index (χ3n) is 6.96. The second-order valence-corrected chi connectivity index (χ2v) is 9.55. The van der Waals surface area contributed by atoms with Gasteiger partial charge < -0.3 is 19.4 Å². The Morgan fingerprint density at radius 3 is 2.66 bits per heavy atom. The average Bonchev–Trinajstić information content (AvgIpc) is 3.60. The molecule has 0 bridgehead atoms. The maximum atomic E-state index is 14.0. The predicted molar refractivity (Wildman–Crippen MR) is 142 cm³/mol. The zero-order valence-corrected chi connectivity index (χ0v) is 21.6. The first-order chi connectivity index (χ1) is 18.6. The van der Waals surface area contributed by atoms with E-state index in [1.54, 1.807) is 28.0 Å². The summed E-state index contributed by atoms with van der Waals surface area (Å²) in [5.74, 6) is 0.632. The molecular weight excluding hydrogens is 482 g/mol. The van der Waals surface area contributed by atoms with Gasteiger partial charge in [0.15, 0.2) is 0 Å². The Kier molecular flexibility index (Phi) is 8.01. The summed E-state index contributed by atoms with van der Waals surface area (Å²) in [5.41, 5.74) is 2.08. The van der Waals surface area contributed by atoms with Crippen LogP contribution in [0.25, 0.3) is 11.0 Å². The lowest BCUT2D eigenvalue weighted by molar-refractivity contribution is -0.143. The van der Waals surface area contributed by atoms with Gasteiger partial charge in [-0.25, -0.2) is 4.68 Å². The Hall–Kier alpha value is -4.14. The van der Waals surface area contributed by atoms with E-state index in [1.807, 2.05) is 55.5 Å². The van der Waals surface area contributed by atoms with Crippen molar-refractivity contribution >= 4 is 22.8 Å². The fourth-order valence-corrected chi connectivity index (χ4v) is 5.12. The fraction of sp³-hybridized carbons (Fsp3) is 0.379. The monoisotopic (exact) mass is 515 g/mol. The van der Waals surface area contributed by atoms with Gasteiger partial charge in [-0.05, 0) is 50.1 Å². The van der Waals surface area contributed by atoms with E-state index in [-0.39, 0.29) is 30.9 Å². The number of hydrogen-bond acceptors (Lipinski definition) is 6. The van der Waals surface area contributed by atoms with Crippen molar-refractivity contribution in [3.8, 4) is 5.75 Å². The molecule has 1 aliphatic rings. The summed E-state index contributed by atoms with van der Waals surface area (Å²) in [6.45, 7) is 2.37. The molecule has 0 aliphatic heterocycles.